The van der Waals surface area contributed by atoms with Crippen LogP contribution < -0.4 is 10.1 Å². The van der Waals surface area contributed by atoms with E-state index in [1.165, 1.54) is 10.3 Å². The highest BCUT2D eigenvalue weighted by Gasteiger charge is 2.09. The Morgan fingerprint density at radius 1 is 1.29 bits per heavy atom. The zero-order valence-electron chi connectivity index (χ0n) is 11.8. The molecule has 0 bridgehead atoms. The zero-order valence-corrected chi connectivity index (χ0v) is 13.4. The Morgan fingerprint density at radius 3 is 2.95 bits per heavy atom. The van der Waals surface area contributed by atoms with Gasteiger partial charge in [0, 0.05) is 17.1 Å². The van der Waals surface area contributed by atoms with Crippen LogP contribution in [0.3, 0.4) is 0 Å². The predicted molar refractivity (Wildman–Crippen MR) is 89.7 cm³/mol. The molecule has 0 fully saturated rings. The fraction of sp³-hybridized carbons (Fsp3) is 0.188. The van der Waals surface area contributed by atoms with Crippen LogP contribution in [0.2, 0.25) is 5.02 Å². The molecule has 0 atom stereocenters. The minimum Gasteiger partial charge on any atom is -0.496 e. The van der Waals surface area contributed by atoms with Crippen molar-refractivity contribution in [3.8, 4) is 5.75 Å². The molecule has 0 saturated heterocycles. The summed E-state index contributed by atoms with van der Waals surface area (Å²) in [5.41, 5.74) is 3.20. The third-order valence-electron chi connectivity index (χ3n) is 3.26. The Morgan fingerprint density at radius 2 is 2.14 bits per heavy atom. The average Bonchev–Trinajstić information content (AvgIpc) is 2.87. The molecule has 0 radical (unpaired) electrons. The topological polar surface area (TPSA) is 34.1 Å². The first kappa shape index (κ1) is 14.2. The molecule has 0 aliphatic heterocycles. The summed E-state index contributed by atoms with van der Waals surface area (Å²) in [5, 5.41) is 4.91. The first-order valence-corrected chi connectivity index (χ1v) is 7.79. The fourth-order valence-electron chi connectivity index (χ4n) is 2.17. The van der Waals surface area contributed by atoms with E-state index in [2.05, 4.69) is 29.4 Å². The van der Waals surface area contributed by atoms with Gasteiger partial charge in [0.15, 0.2) is 5.13 Å². The first-order valence-electron chi connectivity index (χ1n) is 6.60. The molecule has 0 spiro atoms. The molecule has 2 aromatic carbocycles. The largest absolute Gasteiger partial charge is 0.496 e. The number of aromatic nitrogens is 1. The molecule has 1 aromatic heterocycles. The van der Waals surface area contributed by atoms with E-state index in [-0.39, 0.29) is 0 Å². The van der Waals surface area contributed by atoms with Gasteiger partial charge in [-0.1, -0.05) is 35.1 Å². The van der Waals surface area contributed by atoms with Crippen molar-refractivity contribution in [3.05, 3.63) is 52.5 Å². The summed E-state index contributed by atoms with van der Waals surface area (Å²) >= 11 is 7.88. The highest BCUT2D eigenvalue weighted by Crippen LogP contribution is 2.30. The third kappa shape index (κ3) is 2.96. The average molecular weight is 319 g/mol. The quantitative estimate of drug-likeness (QED) is 0.744. The fourth-order valence-corrected chi connectivity index (χ4v) is 3.37. The summed E-state index contributed by atoms with van der Waals surface area (Å²) in [6, 6.07) is 11.9. The second-order valence-electron chi connectivity index (χ2n) is 4.76. The molecule has 0 amide bonds. The number of halogens is 1. The van der Waals surface area contributed by atoms with Gasteiger partial charge < -0.3 is 10.1 Å². The van der Waals surface area contributed by atoms with E-state index in [0.717, 1.165) is 22.0 Å². The molecule has 0 aliphatic rings. The van der Waals surface area contributed by atoms with Gasteiger partial charge in [0.25, 0.3) is 0 Å². The van der Waals surface area contributed by atoms with Crippen molar-refractivity contribution in [2.24, 2.45) is 0 Å². The van der Waals surface area contributed by atoms with Gasteiger partial charge in [0.2, 0.25) is 0 Å². The van der Waals surface area contributed by atoms with E-state index >= 15 is 0 Å². The minimum absolute atomic E-state index is 0.585. The molecule has 5 heteroatoms. The van der Waals surface area contributed by atoms with Crippen LogP contribution in [0.4, 0.5) is 5.13 Å². The number of methoxy groups -OCH3 is 1. The second kappa shape index (κ2) is 5.92. The Hall–Kier alpha value is -1.78. The molecule has 3 aromatic rings. The van der Waals surface area contributed by atoms with Crippen molar-refractivity contribution in [2.45, 2.75) is 13.5 Å². The summed E-state index contributed by atoms with van der Waals surface area (Å²) in [7, 11) is 1.65. The maximum atomic E-state index is 6.24. The lowest BCUT2D eigenvalue weighted by atomic mass is 10.2. The number of benzene rings is 2. The van der Waals surface area contributed by atoms with E-state index in [4.69, 9.17) is 16.3 Å². The van der Waals surface area contributed by atoms with E-state index in [1.54, 1.807) is 18.4 Å². The maximum Gasteiger partial charge on any atom is 0.184 e. The molecular formula is C16H15ClN2OS. The van der Waals surface area contributed by atoms with Crippen LogP contribution >= 0.6 is 22.9 Å². The third-order valence-corrected chi connectivity index (χ3v) is 4.59. The summed E-state index contributed by atoms with van der Waals surface area (Å²) in [5.74, 6) is 0.784. The van der Waals surface area contributed by atoms with E-state index in [9.17, 15) is 0 Å². The number of anilines is 1. The molecule has 108 valence electrons. The van der Waals surface area contributed by atoms with Crippen LogP contribution in [0, 0.1) is 6.92 Å². The Labute approximate surface area is 132 Å². The minimum atomic E-state index is 0.585. The number of rotatable bonds is 4. The van der Waals surface area contributed by atoms with Crippen molar-refractivity contribution in [1.82, 2.24) is 4.98 Å². The zero-order chi connectivity index (χ0) is 14.8. The molecule has 0 aliphatic carbocycles. The second-order valence-corrected chi connectivity index (χ2v) is 6.20. The summed E-state index contributed by atoms with van der Waals surface area (Å²) in [4.78, 5) is 4.58. The summed E-state index contributed by atoms with van der Waals surface area (Å²) < 4.78 is 6.53. The van der Waals surface area contributed by atoms with Crippen molar-refractivity contribution >= 4 is 38.3 Å². The lowest BCUT2D eigenvalue weighted by Gasteiger charge is -2.10. The number of thiazole rings is 1. The number of hydrogen-bond donors (Lipinski definition) is 1. The molecule has 3 rings (SSSR count). The molecule has 21 heavy (non-hydrogen) atoms. The molecule has 1 N–H and O–H groups in total. The van der Waals surface area contributed by atoms with Gasteiger partial charge in [-0.15, -0.1) is 0 Å². The SMILES string of the molecule is COc1cccc(Cl)c1CNc1nc2ccc(C)cc2s1. The van der Waals surface area contributed by atoms with Gasteiger partial charge in [-0.3, -0.25) is 0 Å². The van der Waals surface area contributed by atoms with Crippen molar-refractivity contribution in [1.29, 1.82) is 0 Å². The molecular weight excluding hydrogens is 304 g/mol. The van der Waals surface area contributed by atoms with Crippen LogP contribution in [-0.2, 0) is 6.54 Å². The number of fused-ring (bicyclic) bond motifs is 1. The van der Waals surface area contributed by atoms with Crippen molar-refractivity contribution < 1.29 is 4.74 Å². The van der Waals surface area contributed by atoms with Crippen LogP contribution in [-0.4, -0.2) is 12.1 Å². The molecule has 0 saturated carbocycles. The number of aryl methyl sites for hydroxylation is 1. The monoisotopic (exact) mass is 318 g/mol. The number of nitrogens with zero attached hydrogens (tertiary/aromatic N) is 1. The molecule has 1 heterocycles. The predicted octanol–water partition coefficient (Wildman–Crippen LogP) is 4.88. The van der Waals surface area contributed by atoms with Gasteiger partial charge >= 0.3 is 0 Å². The van der Waals surface area contributed by atoms with E-state index in [0.29, 0.717) is 11.6 Å². The van der Waals surface area contributed by atoms with Gasteiger partial charge in [0.05, 0.1) is 17.3 Å². The van der Waals surface area contributed by atoms with Crippen molar-refractivity contribution in [3.63, 3.8) is 0 Å². The normalized spacial score (nSPS) is 10.8. The van der Waals surface area contributed by atoms with Gasteiger partial charge in [-0.2, -0.15) is 0 Å². The summed E-state index contributed by atoms with van der Waals surface area (Å²) in [6.07, 6.45) is 0. The number of ether oxygens (including phenoxy) is 1. The molecule has 0 unspecified atom stereocenters. The number of nitrogens with one attached hydrogen (secondary N) is 1. The van der Waals surface area contributed by atoms with Gasteiger partial charge in [-0.05, 0) is 36.8 Å². The number of hydrogen-bond acceptors (Lipinski definition) is 4. The highest BCUT2D eigenvalue weighted by atomic mass is 35.5. The Bertz CT molecular complexity index is 785. The maximum absolute atomic E-state index is 6.24. The first-order chi connectivity index (χ1) is 10.2. The summed E-state index contributed by atoms with van der Waals surface area (Å²) in [6.45, 7) is 2.67. The Balaban J connectivity index is 1.83. The Kier molecular flexibility index (Phi) is 3.99. The van der Waals surface area contributed by atoms with Crippen LogP contribution in [0.25, 0.3) is 10.2 Å². The standard InChI is InChI=1S/C16H15ClN2OS/c1-10-6-7-13-15(8-10)21-16(19-13)18-9-11-12(17)4-3-5-14(11)20-2/h3-8H,9H2,1-2H3,(H,18,19). The lowest BCUT2D eigenvalue weighted by Crippen LogP contribution is -2.02. The van der Waals surface area contributed by atoms with Gasteiger partial charge in [-0.25, -0.2) is 4.98 Å². The van der Waals surface area contributed by atoms with Crippen LogP contribution in [0.5, 0.6) is 5.75 Å². The smallest absolute Gasteiger partial charge is 0.184 e. The lowest BCUT2D eigenvalue weighted by molar-refractivity contribution is 0.410. The van der Waals surface area contributed by atoms with Crippen molar-refractivity contribution in [2.75, 3.05) is 12.4 Å². The molecule has 3 nitrogen and oxygen atoms in total. The van der Waals surface area contributed by atoms with Crippen LogP contribution in [0.15, 0.2) is 36.4 Å². The van der Waals surface area contributed by atoms with E-state index < -0.39 is 0 Å². The highest BCUT2D eigenvalue weighted by molar-refractivity contribution is 7.22. The van der Waals surface area contributed by atoms with E-state index in [1.807, 2.05) is 24.3 Å². The van der Waals surface area contributed by atoms with Gasteiger partial charge in [0.1, 0.15) is 5.75 Å². The van der Waals surface area contributed by atoms with Crippen LogP contribution in [0.1, 0.15) is 11.1 Å².